The first kappa shape index (κ1) is 19.7. The van der Waals surface area contributed by atoms with Crippen molar-refractivity contribution in [2.24, 2.45) is 0 Å². The molecule has 146 valence electrons. The van der Waals surface area contributed by atoms with E-state index in [0.717, 1.165) is 11.3 Å². The highest BCUT2D eigenvalue weighted by molar-refractivity contribution is 6.30. The van der Waals surface area contributed by atoms with Crippen LogP contribution in [0.5, 0.6) is 11.5 Å². The van der Waals surface area contributed by atoms with Crippen LogP contribution in [0.15, 0.2) is 53.1 Å². The molecule has 28 heavy (non-hydrogen) atoms. The minimum absolute atomic E-state index is 0.109. The van der Waals surface area contributed by atoms with E-state index < -0.39 is 6.10 Å². The van der Waals surface area contributed by atoms with E-state index in [1.165, 1.54) is 0 Å². The number of rotatable bonds is 8. The standard InChI is InChI=1S/C20H20ClN3O4/c1-3-17(27-16-6-4-5-14(21)11-16)20(25)22-12-18-23-19(24-28-18)13-7-9-15(26-2)10-8-13/h4-11,17H,3,12H2,1-2H3,(H,22,25). The molecule has 8 heteroatoms. The van der Waals surface area contributed by atoms with Crippen molar-refractivity contribution in [2.45, 2.75) is 26.0 Å². The van der Waals surface area contributed by atoms with E-state index in [-0.39, 0.29) is 12.5 Å². The van der Waals surface area contributed by atoms with E-state index in [9.17, 15) is 4.79 Å². The number of nitrogens with one attached hydrogen (secondary N) is 1. The zero-order chi connectivity index (χ0) is 19.9. The van der Waals surface area contributed by atoms with Gasteiger partial charge in [0.05, 0.1) is 13.7 Å². The highest BCUT2D eigenvalue weighted by atomic mass is 35.5. The van der Waals surface area contributed by atoms with Crippen LogP contribution >= 0.6 is 11.6 Å². The van der Waals surface area contributed by atoms with Crippen molar-refractivity contribution < 1.29 is 18.8 Å². The molecule has 3 rings (SSSR count). The maximum atomic E-state index is 12.4. The Bertz CT molecular complexity index is 927. The number of ether oxygens (including phenoxy) is 2. The number of carbonyl (C=O) groups excluding carboxylic acids is 1. The van der Waals surface area contributed by atoms with Gasteiger partial charge in [0.15, 0.2) is 6.10 Å². The summed E-state index contributed by atoms with van der Waals surface area (Å²) in [7, 11) is 1.60. The number of benzene rings is 2. The maximum Gasteiger partial charge on any atom is 0.261 e. The maximum absolute atomic E-state index is 12.4. The summed E-state index contributed by atoms with van der Waals surface area (Å²) >= 11 is 5.95. The minimum Gasteiger partial charge on any atom is -0.497 e. The van der Waals surface area contributed by atoms with Crippen molar-refractivity contribution in [1.82, 2.24) is 15.5 Å². The van der Waals surface area contributed by atoms with E-state index in [0.29, 0.717) is 28.9 Å². The van der Waals surface area contributed by atoms with Gasteiger partial charge in [-0.15, -0.1) is 0 Å². The van der Waals surface area contributed by atoms with Gasteiger partial charge in [0.1, 0.15) is 11.5 Å². The molecule has 0 fully saturated rings. The van der Waals surface area contributed by atoms with Crippen LogP contribution in [-0.4, -0.2) is 29.3 Å². The fourth-order valence-corrected chi connectivity index (χ4v) is 2.67. The van der Waals surface area contributed by atoms with Gasteiger partial charge in [-0.3, -0.25) is 4.79 Å². The Hall–Kier alpha value is -3.06. The molecule has 0 bridgehead atoms. The van der Waals surface area contributed by atoms with E-state index in [1.54, 1.807) is 31.4 Å². The van der Waals surface area contributed by atoms with Crippen molar-refractivity contribution in [3.05, 3.63) is 59.4 Å². The quantitative estimate of drug-likeness (QED) is 0.616. The topological polar surface area (TPSA) is 86.5 Å². The number of hydrogen-bond acceptors (Lipinski definition) is 6. The monoisotopic (exact) mass is 401 g/mol. The number of carbonyl (C=O) groups is 1. The fourth-order valence-electron chi connectivity index (χ4n) is 2.49. The summed E-state index contributed by atoms with van der Waals surface area (Å²) in [4.78, 5) is 16.7. The van der Waals surface area contributed by atoms with Crippen LogP contribution in [0.4, 0.5) is 0 Å². The molecule has 1 atom stereocenters. The average Bonchev–Trinajstić information content (AvgIpc) is 3.19. The summed E-state index contributed by atoms with van der Waals surface area (Å²) in [6.07, 6.45) is -0.151. The van der Waals surface area contributed by atoms with Crippen LogP contribution in [-0.2, 0) is 11.3 Å². The molecule has 3 aromatic rings. The van der Waals surface area contributed by atoms with Crippen LogP contribution in [0.25, 0.3) is 11.4 Å². The molecule has 1 N–H and O–H groups in total. The Balaban J connectivity index is 1.58. The van der Waals surface area contributed by atoms with E-state index in [2.05, 4.69) is 15.5 Å². The predicted octanol–water partition coefficient (Wildman–Crippen LogP) is 3.87. The van der Waals surface area contributed by atoms with Crippen LogP contribution in [0, 0.1) is 0 Å². The number of hydrogen-bond donors (Lipinski definition) is 1. The smallest absolute Gasteiger partial charge is 0.261 e. The highest BCUT2D eigenvalue weighted by Crippen LogP contribution is 2.20. The molecule has 1 amide bonds. The van der Waals surface area contributed by atoms with Gasteiger partial charge >= 0.3 is 0 Å². The van der Waals surface area contributed by atoms with E-state index in [1.807, 2.05) is 31.2 Å². The number of methoxy groups -OCH3 is 1. The molecular formula is C20H20ClN3O4. The summed E-state index contributed by atoms with van der Waals surface area (Å²) < 4.78 is 16.1. The Morgan fingerprint density at radius 2 is 2.00 bits per heavy atom. The molecule has 0 saturated carbocycles. The second kappa shape index (κ2) is 9.23. The second-order valence-corrected chi connectivity index (χ2v) is 6.37. The molecule has 1 unspecified atom stereocenters. The van der Waals surface area contributed by atoms with Crippen molar-refractivity contribution in [1.29, 1.82) is 0 Å². The lowest BCUT2D eigenvalue weighted by Gasteiger charge is -2.16. The summed E-state index contributed by atoms with van der Waals surface area (Å²) in [6.45, 7) is 1.97. The Labute approximate surface area is 167 Å². The molecule has 2 aromatic carbocycles. The van der Waals surface area contributed by atoms with Gasteiger partial charge in [0.2, 0.25) is 11.7 Å². The zero-order valence-corrected chi connectivity index (χ0v) is 16.3. The van der Waals surface area contributed by atoms with Gasteiger partial charge < -0.3 is 19.3 Å². The molecule has 1 aromatic heterocycles. The van der Waals surface area contributed by atoms with Crippen molar-refractivity contribution in [2.75, 3.05) is 7.11 Å². The first-order valence-electron chi connectivity index (χ1n) is 8.76. The Morgan fingerprint density at radius 3 is 2.68 bits per heavy atom. The van der Waals surface area contributed by atoms with Gasteiger partial charge in [-0.25, -0.2) is 0 Å². The molecule has 1 heterocycles. The molecule has 0 aliphatic heterocycles. The van der Waals surface area contributed by atoms with Crippen LogP contribution in [0.2, 0.25) is 5.02 Å². The van der Waals surface area contributed by atoms with Gasteiger partial charge in [-0.05, 0) is 48.9 Å². The Kier molecular flexibility index (Phi) is 6.49. The van der Waals surface area contributed by atoms with Gasteiger partial charge in [-0.1, -0.05) is 29.7 Å². The second-order valence-electron chi connectivity index (χ2n) is 5.93. The lowest BCUT2D eigenvalue weighted by atomic mass is 10.2. The summed E-state index contributed by atoms with van der Waals surface area (Å²) in [5.41, 5.74) is 0.790. The van der Waals surface area contributed by atoms with Crippen molar-refractivity contribution >= 4 is 17.5 Å². The first-order chi connectivity index (χ1) is 13.6. The van der Waals surface area contributed by atoms with Crippen LogP contribution in [0.3, 0.4) is 0 Å². The lowest BCUT2D eigenvalue weighted by molar-refractivity contribution is -0.128. The van der Waals surface area contributed by atoms with Crippen molar-refractivity contribution in [3.8, 4) is 22.9 Å². The fraction of sp³-hybridized carbons (Fsp3) is 0.250. The summed E-state index contributed by atoms with van der Waals surface area (Å²) in [5, 5.41) is 7.24. The average molecular weight is 402 g/mol. The Morgan fingerprint density at radius 1 is 1.21 bits per heavy atom. The number of nitrogens with zero attached hydrogens (tertiary/aromatic N) is 2. The van der Waals surface area contributed by atoms with Gasteiger partial charge in [0.25, 0.3) is 5.91 Å². The lowest BCUT2D eigenvalue weighted by Crippen LogP contribution is -2.37. The molecule has 0 aliphatic carbocycles. The molecular weight excluding hydrogens is 382 g/mol. The van der Waals surface area contributed by atoms with Crippen molar-refractivity contribution in [3.63, 3.8) is 0 Å². The largest absolute Gasteiger partial charge is 0.497 e. The zero-order valence-electron chi connectivity index (χ0n) is 15.5. The summed E-state index contributed by atoms with van der Waals surface area (Å²) in [5.74, 6) is 1.75. The van der Waals surface area contributed by atoms with E-state index in [4.69, 9.17) is 25.6 Å². The summed E-state index contributed by atoms with van der Waals surface area (Å²) in [6, 6.07) is 14.2. The van der Waals surface area contributed by atoms with Crippen LogP contribution in [0.1, 0.15) is 19.2 Å². The third kappa shape index (κ3) is 5.01. The number of aromatic nitrogens is 2. The molecule has 7 nitrogen and oxygen atoms in total. The number of halogens is 1. The minimum atomic E-state index is -0.651. The van der Waals surface area contributed by atoms with Gasteiger partial charge in [0, 0.05) is 10.6 Å². The van der Waals surface area contributed by atoms with Crippen LogP contribution < -0.4 is 14.8 Å². The molecule has 0 spiro atoms. The first-order valence-corrected chi connectivity index (χ1v) is 9.13. The highest BCUT2D eigenvalue weighted by Gasteiger charge is 2.19. The third-order valence-corrected chi connectivity index (χ3v) is 4.20. The van der Waals surface area contributed by atoms with Gasteiger partial charge in [-0.2, -0.15) is 4.98 Å². The molecule has 0 saturated heterocycles. The molecule has 0 aliphatic rings. The number of amides is 1. The van der Waals surface area contributed by atoms with E-state index >= 15 is 0 Å². The normalized spacial score (nSPS) is 11.7. The third-order valence-electron chi connectivity index (χ3n) is 3.97. The molecule has 0 radical (unpaired) electrons. The SMILES string of the molecule is CCC(Oc1cccc(Cl)c1)C(=O)NCc1nc(-c2ccc(OC)cc2)no1. The predicted molar refractivity (Wildman–Crippen MR) is 104 cm³/mol.